The number of benzene rings is 3. The van der Waals surface area contributed by atoms with Gasteiger partial charge in [-0.05, 0) is 52.6 Å². The lowest BCUT2D eigenvalue weighted by Gasteiger charge is -2.06. The molecule has 0 spiro atoms. The summed E-state index contributed by atoms with van der Waals surface area (Å²) in [5.41, 5.74) is 4.56. The van der Waals surface area contributed by atoms with Gasteiger partial charge in [0.15, 0.2) is 0 Å². The molecule has 0 unspecified atom stereocenters. The van der Waals surface area contributed by atoms with Gasteiger partial charge in [0.25, 0.3) is 0 Å². The number of hydrogen-bond donors (Lipinski definition) is 0. The maximum absolute atomic E-state index is 3.49. The van der Waals surface area contributed by atoms with Crippen LogP contribution in [0.1, 0.15) is 0 Å². The summed E-state index contributed by atoms with van der Waals surface area (Å²) in [4.78, 5) is 0. The van der Waals surface area contributed by atoms with Gasteiger partial charge in [0.05, 0.1) is 0 Å². The lowest BCUT2D eigenvalue weighted by Crippen LogP contribution is -1.82. The summed E-state index contributed by atoms with van der Waals surface area (Å²) in [5.74, 6) is 0. The van der Waals surface area contributed by atoms with Gasteiger partial charge in [-0.25, -0.2) is 0 Å². The summed E-state index contributed by atoms with van der Waals surface area (Å²) in [5, 5.41) is 0. The van der Waals surface area contributed by atoms with Crippen LogP contribution in [0, 0.1) is 6.07 Å². The van der Waals surface area contributed by atoms with E-state index in [9.17, 15) is 0 Å². The quantitative estimate of drug-likeness (QED) is 0.481. The summed E-state index contributed by atoms with van der Waals surface area (Å²) in [6, 6.07) is 26.3. The minimum absolute atomic E-state index is 1.09. The summed E-state index contributed by atoms with van der Waals surface area (Å²) in [6.45, 7) is 0. The minimum atomic E-state index is 1.09. The van der Waals surface area contributed by atoms with Gasteiger partial charge in [-0.15, -0.1) is 0 Å². The standard InChI is InChI=1S/C18H11Br2/c19-17-8-4-13(5-9-17)15-2-1-3-16(12-15)14-6-10-18(20)11-7-14/h1-11H. The van der Waals surface area contributed by atoms with E-state index in [2.05, 4.69) is 105 Å². The Hall–Kier alpha value is -1.38. The summed E-state index contributed by atoms with van der Waals surface area (Å²) >= 11 is 6.92. The second kappa shape index (κ2) is 5.94. The molecule has 0 heterocycles. The second-order valence-corrected chi connectivity index (χ2v) is 6.32. The van der Waals surface area contributed by atoms with Crippen LogP contribution in [0.15, 0.2) is 75.7 Å². The molecule has 0 saturated heterocycles. The third-order valence-corrected chi connectivity index (χ3v) is 4.16. The van der Waals surface area contributed by atoms with Crippen LogP contribution in [0.2, 0.25) is 0 Å². The van der Waals surface area contributed by atoms with Crippen LogP contribution in [0.3, 0.4) is 0 Å². The van der Waals surface area contributed by atoms with E-state index in [1.54, 1.807) is 0 Å². The first kappa shape index (κ1) is 13.6. The molecule has 20 heavy (non-hydrogen) atoms. The van der Waals surface area contributed by atoms with Gasteiger partial charge >= 0.3 is 0 Å². The SMILES string of the molecule is Brc1ccc(-c2[c]c(-c3ccc(Br)cc3)ccc2)cc1. The van der Waals surface area contributed by atoms with Crippen molar-refractivity contribution in [2.45, 2.75) is 0 Å². The van der Waals surface area contributed by atoms with Crippen LogP contribution >= 0.6 is 31.9 Å². The van der Waals surface area contributed by atoms with Crippen molar-refractivity contribution in [3.05, 3.63) is 81.7 Å². The molecule has 3 aromatic carbocycles. The van der Waals surface area contributed by atoms with E-state index in [-0.39, 0.29) is 0 Å². The second-order valence-electron chi connectivity index (χ2n) is 4.49. The van der Waals surface area contributed by atoms with E-state index in [1.165, 1.54) is 11.1 Å². The van der Waals surface area contributed by atoms with E-state index >= 15 is 0 Å². The van der Waals surface area contributed by atoms with Crippen LogP contribution in [0.5, 0.6) is 0 Å². The van der Waals surface area contributed by atoms with E-state index in [4.69, 9.17) is 0 Å². The third kappa shape index (κ3) is 3.02. The molecule has 0 bridgehead atoms. The van der Waals surface area contributed by atoms with Crippen molar-refractivity contribution in [2.75, 3.05) is 0 Å². The number of rotatable bonds is 2. The van der Waals surface area contributed by atoms with Gasteiger partial charge in [-0.1, -0.05) is 74.3 Å². The van der Waals surface area contributed by atoms with Crippen molar-refractivity contribution in [3.63, 3.8) is 0 Å². The average molecular weight is 387 g/mol. The van der Waals surface area contributed by atoms with Crippen LogP contribution in [-0.2, 0) is 0 Å². The van der Waals surface area contributed by atoms with Crippen molar-refractivity contribution in [2.24, 2.45) is 0 Å². The number of halogens is 2. The molecule has 0 fully saturated rings. The Morgan fingerprint density at radius 3 is 1.35 bits per heavy atom. The Balaban J connectivity index is 2.01. The van der Waals surface area contributed by atoms with Crippen LogP contribution < -0.4 is 0 Å². The Bertz CT molecular complexity index is 652. The summed E-state index contributed by atoms with van der Waals surface area (Å²) in [7, 11) is 0. The Morgan fingerprint density at radius 1 is 0.550 bits per heavy atom. The van der Waals surface area contributed by atoms with Gasteiger partial charge in [0.1, 0.15) is 0 Å². The fourth-order valence-corrected chi connectivity index (χ4v) is 2.59. The van der Waals surface area contributed by atoms with Gasteiger partial charge in [-0.3, -0.25) is 0 Å². The van der Waals surface area contributed by atoms with Gasteiger partial charge in [-0.2, -0.15) is 0 Å². The highest BCUT2D eigenvalue weighted by molar-refractivity contribution is 9.10. The molecule has 0 aromatic heterocycles. The minimum Gasteiger partial charge on any atom is -0.0610 e. The van der Waals surface area contributed by atoms with Gasteiger partial charge in [0, 0.05) is 8.95 Å². The summed E-state index contributed by atoms with van der Waals surface area (Å²) in [6.07, 6.45) is 0. The first-order valence-electron chi connectivity index (χ1n) is 6.26. The maximum Gasteiger partial charge on any atom is 0.0175 e. The van der Waals surface area contributed by atoms with E-state index in [0.29, 0.717) is 0 Å². The zero-order valence-electron chi connectivity index (χ0n) is 10.6. The monoisotopic (exact) mass is 385 g/mol. The van der Waals surface area contributed by atoms with Crippen LogP contribution in [-0.4, -0.2) is 0 Å². The van der Waals surface area contributed by atoms with Crippen molar-refractivity contribution in [1.29, 1.82) is 0 Å². The molecular formula is C18H11Br2. The predicted octanol–water partition coefficient (Wildman–Crippen LogP) is 6.35. The van der Waals surface area contributed by atoms with Crippen LogP contribution in [0.4, 0.5) is 0 Å². The maximum atomic E-state index is 3.49. The highest BCUT2D eigenvalue weighted by Crippen LogP contribution is 2.27. The zero-order valence-corrected chi connectivity index (χ0v) is 13.8. The molecule has 3 rings (SSSR count). The first-order chi connectivity index (χ1) is 9.72. The molecule has 3 aromatic rings. The molecule has 0 aliphatic heterocycles. The molecule has 0 nitrogen and oxygen atoms in total. The largest absolute Gasteiger partial charge is 0.0610 e. The van der Waals surface area contributed by atoms with Crippen molar-refractivity contribution in [3.8, 4) is 22.3 Å². The van der Waals surface area contributed by atoms with Crippen molar-refractivity contribution < 1.29 is 0 Å². The highest BCUT2D eigenvalue weighted by atomic mass is 79.9. The first-order valence-corrected chi connectivity index (χ1v) is 7.85. The van der Waals surface area contributed by atoms with Crippen LogP contribution in [0.25, 0.3) is 22.3 Å². The zero-order chi connectivity index (χ0) is 13.9. The van der Waals surface area contributed by atoms with Crippen molar-refractivity contribution in [1.82, 2.24) is 0 Å². The normalized spacial score (nSPS) is 10.5. The van der Waals surface area contributed by atoms with Crippen molar-refractivity contribution >= 4 is 31.9 Å². The molecule has 0 atom stereocenters. The predicted molar refractivity (Wildman–Crippen MR) is 91.5 cm³/mol. The smallest absolute Gasteiger partial charge is 0.0175 e. The topological polar surface area (TPSA) is 0 Å². The molecular weight excluding hydrogens is 376 g/mol. The average Bonchev–Trinajstić information content (AvgIpc) is 2.49. The molecule has 1 radical (unpaired) electrons. The molecule has 97 valence electrons. The third-order valence-electron chi connectivity index (χ3n) is 3.11. The summed E-state index contributed by atoms with van der Waals surface area (Å²) < 4.78 is 2.18. The highest BCUT2D eigenvalue weighted by Gasteiger charge is 2.02. The van der Waals surface area contributed by atoms with E-state index in [1.807, 2.05) is 0 Å². The van der Waals surface area contributed by atoms with E-state index < -0.39 is 0 Å². The lowest BCUT2D eigenvalue weighted by atomic mass is 9.99. The molecule has 0 amide bonds. The number of hydrogen-bond acceptors (Lipinski definition) is 0. The Kier molecular flexibility index (Phi) is 4.04. The fraction of sp³-hybridized carbons (Fsp3) is 0. The molecule has 0 N–H and O–H groups in total. The van der Waals surface area contributed by atoms with E-state index in [0.717, 1.165) is 20.1 Å². The Labute approximate surface area is 135 Å². The molecule has 0 aliphatic carbocycles. The lowest BCUT2D eigenvalue weighted by molar-refractivity contribution is 1.56. The van der Waals surface area contributed by atoms with Gasteiger partial charge in [0.2, 0.25) is 0 Å². The Morgan fingerprint density at radius 2 is 0.950 bits per heavy atom. The molecule has 2 heteroatoms. The van der Waals surface area contributed by atoms with Gasteiger partial charge < -0.3 is 0 Å². The molecule has 0 aliphatic rings. The fourth-order valence-electron chi connectivity index (χ4n) is 2.06. The molecule has 0 saturated carbocycles.